The van der Waals surface area contributed by atoms with Gasteiger partial charge in [-0.3, -0.25) is 4.79 Å². The topological polar surface area (TPSA) is 65.5 Å². The molecule has 0 spiro atoms. The minimum absolute atomic E-state index is 0.331. The fourth-order valence-electron chi connectivity index (χ4n) is 1.87. The summed E-state index contributed by atoms with van der Waals surface area (Å²) in [6.45, 7) is 2.70. The van der Waals surface area contributed by atoms with Crippen molar-refractivity contribution in [3.63, 3.8) is 0 Å². The van der Waals surface area contributed by atoms with Gasteiger partial charge in [-0.1, -0.05) is 29.3 Å². The predicted molar refractivity (Wildman–Crippen MR) is 108 cm³/mol. The Morgan fingerprint density at radius 1 is 1.20 bits per heavy atom. The Morgan fingerprint density at radius 3 is 2.56 bits per heavy atom. The number of hydrazone groups is 1. The summed E-state index contributed by atoms with van der Waals surface area (Å²) in [6.07, 6.45) is 1.46. The zero-order chi connectivity index (χ0) is 18.2. The molecular formula is C17H16Cl2N4OS. The fraction of sp³-hybridized carbons (Fsp3) is 0.118. The molecule has 0 heterocycles. The van der Waals surface area contributed by atoms with Gasteiger partial charge >= 0.3 is 0 Å². The second kappa shape index (κ2) is 9.36. The van der Waals surface area contributed by atoms with Gasteiger partial charge in [-0.05, 0) is 55.5 Å². The Kier molecular flexibility index (Phi) is 7.18. The lowest BCUT2D eigenvalue weighted by Gasteiger charge is -2.09. The molecule has 0 unspecified atom stereocenters. The van der Waals surface area contributed by atoms with Crippen molar-refractivity contribution in [3.8, 4) is 0 Å². The summed E-state index contributed by atoms with van der Waals surface area (Å²) < 4.78 is 0. The van der Waals surface area contributed by atoms with Crippen LogP contribution >= 0.6 is 35.4 Å². The van der Waals surface area contributed by atoms with Crippen LogP contribution in [0.2, 0.25) is 10.0 Å². The molecule has 0 aromatic heterocycles. The molecule has 0 radical (unpaired) electrons. The molecule has 0 saturated carbocycles. The van der Waals surface area contributed by atoms with Crippen LogP contribution in [0.5, 0.6) is 0 Å². The largest absolute Gasteiger partial charge is 0.363 e. The van der Waals surface area contributed by atoms with Crippen molar-refractivity contribution in [1.29, 1.82) is 0 Å². The number of carbonyl (C=O) groups excluding carboxylic acids is 1. The molecule has 25 heavy (non-hydrogen) atoms. The van der Waals surface area contributed by atoms with Gasteiger partial charge in [0.2, 0.25) is 0 Å². The van der Waals surface area contributed by atoms with Crippen molar-refractivity contribution in [2.24, 2.45) is 5.10 Å². The second-order valence-electron chi connectivity index (χ2n) is 4.93. The van der Waals surface area contributed by atoms with Crippen molar-refractivity contribution < 1.29 is 4.79 Å². The fourth-order valence-corrected chi connectivity index (χ4v) is 2.59. The van der Waals surface area contributed by atoms with E-state index in [9.17, 15) is 4.79 Å². The maximum atomic E-state index is 12.1. The van der Waals surface area contributed by atoms with Gasteiger partial charge in [0, 0.05) is 28.4 Å². The van der Waals surface area contributed by atoms with E-state index in [4.69, 9.17) is 35.4 Å². The number of anilines is 1. The smallest absolute Gasteiger partial charge is 0.271 e. The number of thiocarbonyl (C=S) groups is 1. The first kappa shape index (κ1) is 19.2. The van der Waals surface area contributed by atoms with Crippen LogP contribution in [-0.2, 0) is 0 Å². The van der Waals surface area contributed by atoms with Crippen molar-refractivity contribution in [3.05, 3.63) is 63.6 Å². The first-order valence-electron chi connectivity index (χ1n) is 7.43. The highest BCUT2D eigenvalue weighted by Crippen LogP contribution is 2.19. The molecule has 8 heteroatoms. The summed E-state index contributed by atoms with van der Waals surface area (Å²) in [7, 11) is 0. The van der Waals surface area contributed by atoms with Gasteiger partial charge in [0.1, 0.15) is 0 Å². The van der Waals surface area contributed by atoms with Gasteiger partial charge in [0.05, 0.1) is 11.2 Å². The Balaban J connectivity index is 1.94. The van der Waals surface area contributed by atoms with Crippen molar-refractivity contribution in [1.82, 2.24) is 10.7 Å². The van der Waals surface area contributed by atoms with E-state index in [1.54, 1.807) is 42.5 Å². The Labute approximate surface area is 161 Å². The Bertz CT molecular complexity index is 794. The number of hydrogen-bond donors (Lipinski definition) is 3. The van der Waals surface area contributed by atoms with E-state index in [1.807, 2.05) is 6.92 Å². The summed E-state index contributed by atoms with van der Waals surface area (Å²) in [4.78, 5) is 12.1. The quantitative estimate of drug-likeness (QED) is 0.406. The summed E-state index contributed by atoms with van der Waals surface area (Å²) in [6, 6.07) is 11.9. The molecule has 0 saturated heterocycles. The van der Waals surface area contributed by atoms with Crippen LogP contribution in [0.15, 0.2) is 47.6 Å². The van der Waals surface area contributed by atoms with Crippen LogP contribution in [-0.4, -0.2) is 23.8 Å². The van der Waals surface area contributed by atoms with Crippen LogP contribution in [0.3, 0.4) is 0 Å². The lowest BCUT2D eigenvalue weighted by Crippen LogP contribution is -2.27. The van der Waals surface area contributed by atoms with Gasteiger partial charge in [-0.15, -0.1) is 0 Å². The van der Waals surface area contributed by atoms with E-state index in [0.717, 1.165) is 12.2 Å². The zero-order valence-corrected chi connectivity index (χ0v) is 15.7. The van der Waals surface area contributed by atoms with E-state index < -0.39 is 0 Å². The van der Waals surface area contributed by atoms with Crippen molar-refractivity contribution in [2.45, 2.75) is 6.92 Å². The van der Waals surface area contributed by atoms with Gasteiger partial charge in [0.15, 0.2) is 5.11 Å². The number of amides is 1. The van der Waals surface area contributed by atoms with Crippen LogP contribution in [0.4, 0.5) is 5.69 Å². The third-order valence-corrected chi connectivity index (χ3v) is 3.88. The molecule has 5 nitrogen and oxygen atoms in total. The molecule has 0 fully saturated rings. The maximum Gasteiger partial charge on any atom is 0.271 e. The highest BCUT2D eigenvalue weighted by Gasteiger charge is 2.05. The molecule has 2 aromatic carbocycles. The van der Waals surface area contributed by atoms with E-state index in [0.29, 0.717) is 26.3 Å². The first-order chi connectivity index (χ1) is 12.0. The molecule has 0 aliphatic carbocycles. The second-order valence-corrected chi connectivity index (χ2v) is 6.18. The maximum absolute atomic E-state index is 12.1. The highest BCUT2D eigenvalue weighted by molar-refractivity contribution is 7.80. The minimum atomic E-state index is -0.331. The molecule has 0 atom stereocenters. The van der Waals surface area contributed by atoms with E-state index >= 15 is 0 Å². The lowest BCUT2D eigenvalue weighted by atomic mass is 10.2. The molecule has 0 aliphatic heterocycles. The minimum Gasteiger partial charge on any atom is -0.363 e. The molecule has 2 aromatic rings. The van der Waals surface area contributed by atoms with Gasteiger partial charge < -0.3 is 10.6 Å². The number of nitrogens with one attached hydrogen (secondary N) is 3. The number of benzene rings is 2. The SMILES string of the molecule is CCNC(=S)Nc1ccc(C(=O)N/N=C\c2ccc(Cl)cc2Cl)cc1. The average molecular weight is 395 g/mol. The van der Waals surface area contributed by atoms with Crippen LogP contribution in [0.25, 0.3) is 0 Å². The van der Waals surface area contributed by atoms with Crippen molar-refractivity contribution >= 4 is 58.3 Å². The summed E-state index contributed by atoms with van der Waals surface area (Å²) in [5, 5.41) is 11.4. The van der Waals surface area contributed by atoms with E-state index in [-0.39, 0.29) is 5.91 Å². The summed E-state index contributed by atoms with van der Waals surface area (Å²) in [5.74, 6) is -0.331. The average Bonchev–Trinajstić information content (AvgIpc) is 2.57. The monoisotopic (exact) mass is 394 g/mol. The number of rotatable bonds is 5. The van der Waals surface area contributed by atoms with Crippen LogP contribution in [0, 0.1) is 0 Å². The Morgan fingerprint density at radius 2 is 1.92 bits per heavy atom. The van der Waals surface area contributed by atoms with Gasteiger partial charge in [-0.2, -0.15) is 5.10 Å². The highest BCUT2D eigenvalue weighted by atomic mass is 35.5. The molecule has 1 amide bonds. The summed E-state index contributed by atoms with van der Waals surface area (Å²) >= 11 is 17.0. The Hall–Kier alpha value is -2.15. The normalized spacial score (nSPS) is 10.5. The molecule has 0 aliphatic rings. The van der Waals surface area contributed by atoms with Gasteiger partial charge in [0.25, 0.3) is 5.91 Å². The molecule has 2 rings (SSSR count). The molecular weight excluding hydrogens is 379 g/mol. The van der Waals surface area contributed by atoms with Crippen molar-refractivity contribution in [2.75, 3.05) is 11.9 Å². The third-order valence-electron chi connectivity index (χ3n) is 3.07. The summed E-state index contributed by atoms with van der Waals surface area (Å²) in [5.41, 5.74) is 4.37. The predicted octanol–water partition coefficient (Wildman–Crippen LogP) is 4.06. The third kappa shape index (κ3) is 6.01. The molecule has 0 bridgehead atoms. The number of carbonyl (C=O) groups is 1. The first-order valence-corrected chi connectivity index (χ1v) is 8.59. The number of nitrogens with zero attached hydrogens (tertiary/aromatic N) is 1. The lowest BCUT2D eigenvalue weighted by molar-refractivity contribution is 0.0955. The molecule has 130 valence electrons. The van der Waals surface area contributed by atoms with E-state index in [2.05, 4.69) is 21.2 Å². The van der Waals surface area contributed by atoms with Crippen LogP contribution < -0.4 is 16.1 Å². The molecule has 3 N–H and O–H groups in total. The standard InChI is InChI=1S/C17H16Cl2N4OS/c1-2-20-17(25)22-14-7-4-11(5-8-14)16(24)23-21-10-12-3-6-13(18)9-15(12)19/h3-10H,2H2,1H3,(H,23,24)(H2,20,22,25)/b21-10-. The number of halogens is 2. The number of hydrogen-bond acceptors (Lipinski definition) is 3. The van der Waals surface area contributed by atoms with Gasteiger partial charge in [-0.25, -0.2) is 5.43 Å². The van der Waals surface area contributed by atoms with Crippen LogP contribution in [0.1, 0.15) is 22.8 Å². The zero-order valence-electron chi connectivity index (χ0n) is 13.3. The van der Waals surface area contributed by atoms with E-state index in [1.165, 1.54) is 6.21 Å².